The minimum Gasteiger partial charge on any atom is -0.351 e. The van der Waals surface area contributed by atoms with Crippen molar-refractivity contribution in [2.75, 3.05) is 27.2 Å². The molecule has 23 heavy (non-hydrogen) atoms. The van der Waals surface area contributed by atoms with E-state index in [9.17, 15) is 4.79 Å². The number of hydrogen-bond donors (Lipinski definition) is 1. The number of pyridine rings is 1. The second-order valence-electron chi connectivity index (χ2n) is 7.42. The topological polar surface area (TPSA) is 45.2 Å². The van der Waals surface area contributed by atoms with E-state index < -0.39 is 0 Å². The average Bonchev–Trinajstić information content (AvgIpc) is 2.43. The van der Waals surface area contributed by atoms with Crippen LogP contribution >= 0.6 is 0 Å². The molecule has 0 bridgehead atoms. The number of amides is 1. The number of nitrogens with one attached hydrogen (secondary N) is 1. The van der Waals surface area contributed by atoms with E-state index in [1.165, 1.54) is 0 Å². The van der Waals surface area contributed by atoms with Crippen molar-refractivity contribution in [3.05, 3.63) is 41.1 Å². The number of fused-ring (bicyclic) bond motifs is 1. The van der Waals surface area contributed by atoms with Crippen LogP contribution in [0.15, 0.2) is 24.3 Å². The van der Waals surface area contributed by atoms with Crippen molar-refractivity contribution in [3.63, 3.8) is 0 Å². The summed E-state index contributed by atoms with van der Waals surface area (Å²) in [6.07, 6.45) is 0. The first-order chi connectivity index (χ1) is 10.7. The Morgan fingerprint density at radius 3 is 2.57 bits per heavy atom. The molecule has 4 nitrogen and oxygen atoms in total. The van der Waals surface area contributed by atoms with Crippen molar-refractivity contribution < 1.29 is 4.79 Å². The molecule has 1 N–H and O–H groups in total. The molecule has 0 radical (unpaired) electrons. The van der Waals surface area contributed by atoms with Crippen LogP contribution < -0.4 is 5.32 Å². The smallest absolute Gasteiger partial charge is 0.252 e. The van der Waals surface area contributed by atoms with E-state index in [2.05, 4.69) is 29.0 Å². The normalized spacial score (nSPS) is 12.0. The monoisotopic (exact) mass is 313 g/mol. The van der Waals surface area contributed by atoms with Crippen LogP contribution in [0.1, 0.15) is 35.5 Å². The SMILES string of the molecule is Cc1ccc2nc(C)cc(C(=O)NCC(C)(C)CN(C)C)c2c1. The summed E-state index contributed by atoms with van der Waals surface area (Å²) in [4.78, 5) is 19.4. The maximum absolute atomic E-state index is 12.7. The number of aromatic nitrogens is 1. The maximum atomic E-state index is 12.7. The predicted molar refractivity (Wildman–Crippen MR) is 95.9 cm³/mol. The molecule has 1 heterocycles. The Kier molecular flexibility index (Phi) is 5.05. The van der Waals surface area contributed by atoms with Crippen LogP contribution in [0, 0.1) is 19.3 Å². The number of rotatable bonds is 5. The van der Waals surface area contributed by atoms with Crippen LogP contribution in [0.2, 0.25) is 0 Å². The largest absolute Gasteiger partial charge is 0.351 e. The van der Waals surface area contributed by atoms with Gasteiger partial charge in [0.1, 0.15) is 0 Å². The van der Waals surface area contributed by atoms with Gasteiger partial charge in [0, 0.05) is 24.2 Å². The first-order valence-corrected chi connectivity index (χ1v) is 7.99. The van der Waals surface area contributed by atoms with Gasteiger partial charge in [0.25, 0.3) is 5.91 Å². The number of carbonyl (C=O) groups excluding carboxylic acids is 1. The van der Waals surface area contributed by atoms with Gasteiger partial charge in [0.15, 0.2) is 0 Å². The summed E-state index contributed by atoms with van der Waals surface area (Å²) in [5.74, 6) is -0.0297. The van der Waals surface area contributed by atoms with Crippen LogP contribution in [0.4, 0.5) is 0 Å². The van der Waals surface area contributed by atoms with Crippen molar-refractivity contribution >= 4 is 16.8 Å². The fraction of sp³-hybridized carbons (Fsp3) is 0.474. The Balaban J connectivity index is 2.26. The second kappa shape index (κ2) is 6.67. The van der Waals surface area contributed by atoms with Crippen molar-refractivity contribution in [1.29, 1.82) is 0 Å². The first kappa shape index (κ1) is 17.4. The van der Waals surface area contributed by atoms with Crippen LogP contribution in [-0.4, -0.2) is 43.0 Å². The van der Waals surface area contributed by atoms with Crippen LogP contribution in [0.5, 0.6) is 0 Å². The molecular formula is C19H27N3O. The Bertz CT molecular complexity index is 720. The zero-order chi connectivity index (χ0) is 17.2. The second-order valence-corrected chi connectivity index (χ2v) is 7.42. The summed E-state index contributed by atoms with van der Waals surface area (Å²) < 4.78 is 0. The Morgan fingerprint density at radius 2 is 1.91 bits per heavy atom. The van der Waals surface area contributed by atoms with Gasteiger partial charge in [-0.15, -0.1) is 0 Å². The summed E-state index contributed by atoms with van der Waals surface area (Å²) in [6, 6.07) is 7.90. The lowest BCUT2D eigenvalue weighted by Crippen LogP contribution is -2.40. The highest BCUT2D eigenvalue weighted by Gasteiger charge is 2.21. The molecule has 0 fully saturated rings. The lowest BCUT2D eigenvalue weighted by Gasteiger charge is -2.28. The lowest BCUT2D eigenvalue weighted by molar-refractivity contribution is 0.0930. The fourth-order valence-electron chi connectivity index (χ4n) is 2.99. The van der Waals surface area contributed by atoms with E-state index >= 15 is 0 Å². The average molecular weight is 313 g/mol. The highest BCUT2D eigenvalue weighted by atomic mass is 16.1. The zero-order valence-electron chi connectivity index (χ0n) is 15.0. The van der Waals surface area contributed by atoms with Gasteiger partial charge in [0.2, 0.25) is 0 Å². The number of hydrogen-bond acceptors (Lipinski definition) is 3. The minimum absolute atomic E-state index is 0.0208. The molecule has 0 saturated heterocycles. The first-order valence-electron chi connectivity index (χ1n) is 7.99. The molecule has 4 heteroatoms. The lowest BCUT2D eigenvalue weighted by atomic mass is 9.92. The van der Waals surface area contributed by atoms with Gasteiger partial charge in [-0.3, -0.25) is 9.78 Å². The van der Waals surface area contributed by atoms with Crippen LogP contribution in [0.25, 0.3) is 10.9 Å². The quantitative estimate of drug-likeness (QED) is 0.922. The summed E-state index contributed by atoms with van der Waals surface area (Å²) >= 11 is 0. The summed E-state index contributed by atoms with van der Waals surface area (Å²) in [5.41, 5.74) is 3.59. The maximum Gasteiger partial charge on any atom is 0.252 e. The van der Waals surface area contributed by atoms with Gasteiger partial charge in [-0.05, 0) is 51.6 Å². The predicted octanol–water partition coefficient (Wildman–Crippen LogP) is 3.17. The molecule has 0 atom stereocenters. The summed E-state index contributed by atoms with van der Waals surface area (Å²) in [5, 5.41) is 4.01. The fourth-order valence-corrected chi connectivity index (χ4v) is 2.99. The van der Waals surface area contributed by atoms with E-state index in [1.54, 1.807) is 0 Å². The van der Waals surface area contributed by atoms with E-state index in [4.69, 9.17) is 0 Å². The van der Waals surface area contributed by atoms with E-state index in [1.807, 2.05) is 52.2 Å². The highest BCUT2D eigenvalue weighted by molar-refractivity contribution is 6.06. The van der Waals surface area contributed by atoms with Gasteiger partial charge < -0.3 is 10.2 Å². The molecule has 124 valence electrons. The molecule has 0 saturated carbocycles. The minimum atomic E-state index is -0.0297. The standard InChI is InChI=1S/C19H27N3O/c1-13-7-8-17-15(9-13)16(10-14(2)21-17)18(23)20-11-19(3,4)12-22(5)6/h7-10H,11-12H2,1-6H3,(H,20,23). The molecule has 0 aliphatic carbocycles. The number of aryl methyl sites for hydroxylation is 2. The van der Waals surface area contributed by atoms with Crippen molar-refractivity contribution in [3.8, 4) is 0 Å². The third-order valence-corrected chi connectivity index (χ3v) is 3.81. The van der Waals surface area contributed by atoms with Gasteiger partial charge in [-0.2, -0.15) is 0 Å². The molecule has 2 aromatic rings. The Hall–Kier alpha value is -1.94. The van der Waals surface area contributed by atoms with E-state index in [0.717, 1.165) is 28.7 Å². The highest BCUT2D eigenvalue weighted by Crippen LogP contribution is 2.21. The summed E-state index contributed by atoms with van der Waals surface area (Å²) in [7, 11) is 4.10. The van der Waals surface area contributed by atoms with Gasteiger partial charge in [0.05, 0.1) is 11.1 Å². The molecule has 0 aliphatic rings. The van der Waals surface area contributed by atoms with Gasteiger partial charge in [-0.25, -0.2) is 0 Å². The van der Waals surface area contributed by atoms with E-state index in [0.29, 0.717) is 12.1 Å². The third kappa shape index (κ3) is 4.52. The number of carbonyl (C=O) groups is 1. The molecule has 1 aromatic carbocycles. The van der Waals surface area contributed by atoms with Crippen LogP contribution in [-0.2, 0) is 0 Å². The molecule has 1 aromatic heterocycles. The number of benzene rings is 1. The molecular weight excluding hydrogens is 286 g/mol. The molecule has 0 aliphatic heterocycles. The van der Waals surface area contributed by atoms with Gasteiger partial charge >= 0.3 is 0 Å². The molecule has 0 spiro atoms. The molecule has 2 rings (SSSR count). The zero-order valence-corrected chi connectivity index (χ0v) is 15.0. The Labute approximate surface area is 138 Å². The molecule has 1 amide bonds. The number of nitrogens with zero attached hydrogens (tertiary/aromatic N) is 2. The van der Waals surface area contributed by atoms with Crippen molar-refractivity contribution in [2.24, 2.45) is 5.41 Å². The summed E-state index contributed by atoms with van der Waals surface area (Å²) in [6.45, 7) is 9.83. The molecule has 0 unspecified atom stereocenters. The third-order valence-electron chi connectivity index (χ3n) is 3.81. The van der Waals surface area contributed by atoms with Crippen LogP contribution in [0.3, 0.4) is 0 Å². The van der Waals surface area contributed by atoms with Crippen molar-refractivity contribution in [1.82, 2.24) is 15.2 Å². The van der Waals surface area contributed by atoms with Gasteiger partial charge in [-0.1, -0.05) is 25.5 Å². The van der Waals surface area contributed by atoms with E-state index in [-0.39, 0.29) is 11.3 Å². The van der Waals surface area contributed by atoms with Crippen molar-refractivity contribution in [2.45, 2.75) is 27.7 Å². The Morgan fingerprint density at radius 1 is 1.22 bits per heavy atom.